The van der Waals surface area contributed by atoms with Gasteiger partial charge in [0.25, 0.3) is 11.5 Å². The first-order valence-electron chi connectivity index (χ1n) is 24.1. The molecule has 0 radical (unpaired) electrons. The molecule has 2 atom stereocenters. The van der Waals surface area contributed by atoms with Crippen molar-refractivity contribution in [3.05, 3.63) is 117 Å². The number of hydrogen-bond acceptors (Lipinski definition) is 13. The molecule has 1 fully saturated rings. The summed E-state index contributed by atoms with van der Waals surface area (Å²) in [4.78, 5) is 83.1. The minimum atomic E-state index is -3.71. The van der Waals surface area contributed by atoms with E-state index in [4.69, 9.17) is 9.47 Å². The largest absolute Gasteiger partial charge is 0.380 e. The lowest BCUT2D eigenvalue weighted by Crippen LogP contribution is -2.58. The van der Waals surface area contributed by atoms with Crippen molar-refractivity contribution in [2.24, 2.45) is 12.5 Å². The van der Waals surface area contributed by atoms with E-state index in [9.17, 15) is 36.8 Å². The summed E-state index contributed by atoms with van der Waals surface area (Å²) in [6.45, 7) is 8.25. The molecule has 8 rings (SSSR count). The maximum absolute atomic E-state index is 15.5. The molecule has 4 N–H and O–H groups in total. The fraction of sp³-hybridized carbons (Fsp3) is 0.404. The number of rotatable bonds is 19. The van der Waals surface area contributed by atoms with Crippen molar-refractivity contribution < 1.29 is 45.9 Å². The zero-order chi connectivity index (χ0) is 53.1. The number of H-pyrrole nitrogens is 1. The third-order valence-corrected chi connectivity index (χ3v) is 14.8. The molecule has 2 unspecified atom stereocenters. The van der Waals surface area contributed by atoms with E-state index in [0.29, 0.717) is 60.5 Å². The first-order chi connectivity index (χ1) is 35.2. The molecule has 0 saturated carbocycles. The minimum Gasteiger partial charge on any atom is -0.380 e. The Kier molecular flexibility index (Phi) is 16.1. The maximum Gasteiger partial charge on any atom is 0.274 e. The van der Waals surface area contributed by atoms with Crippen molar-refractivity contribution in [2.45, 2.75) is 77.9 Å². The van der Waals surface area contributed by atoms with Crippen molar-refractivity contribution in [3.63, 3.8) is 0 Å². The number of fused-ring (bicyclic) bond motifs is 2. The van der Waals surface area contributed by atoms with Gasteiger partial charge in [-0.05, 0) is 66.0 Å². The molecule has 6 aromatic rings. The summed E-state index contributed by atoms with van der Waals surface area (Å²) in [5.41, 5.74) is 5.92. The van der Waals surface area contributed by atoms with Gasteiger partial charge in [-0.15, -0.1) is 11.3 Å². The van der Waals surface area contributed by atoms with Crippen LogP contribution in [0.4, 0.5) is 20.3 Å². The first-order valence-corrected chi connectivity index (χ1v) is 27.1. The molecule has 2 aromatic carbocycles. The summed E-state index contributed by atoms with van der Waals surface area (Å²) >= 11 is 1.57. The number of carbonyl (C=O) groups is 4. The molecule has 1 saturated heterocycles. The third kappa shape index (κ3) is 12.0. The van der Waals surface area contributed by atoms with E-state index in [2.05, 4.69) is 30.9 Å². The highest BCUT2D eigenvalue weighted by atomic mass is 32.2. The molecular weight excluding hydrogens is 997 g/mol. The van der Waals surface area contributed by atoms with Crippen LogP contribution in [0.2, 0.25) is 0 Å². The predicted molar refractivity (Wildman–Crippen MR) is 276 cm³/mol. The fourth-order valence-electron chi connectivity index (χ4n) is 9.34. The van der Waals surface area contributed by atoms with E-state index in [-0.39, 0.29) is 85.0 Å². The molecule has 4 aromatic heterocycles. The van der Waals surface area contributed by atoms with E-state index in [1.54, 1.807) is 35.7 Å². The molecule has 6 heterocycles. The van der Waals surface area contributed by atoms with Gasteiger partial charge < -0.3 is 44.8 Å². The van der Waals surface area contributed by atoms with Crippen LogP contribution in [0, 0.1) is 24.0 Å². The lowest BCUT2D eigenvalue weighted by Gasteiger charge is -2.35. The van der Waals surface area contributed by atoms with Crippen LogP contribution < -0.4 is 26.4 Å². The number of amides is 4. The second-order valence-electron chi connectivity index (χ2n) is 19.7. The van der Waals surface area contributed by atoms with Crippen LogP contribution in [-0.4, -0.2) is 114 Å². The van der Waals surface area contributed by atoms with Gasteiger partial charge >= 0.3 is 0 Å². The molecule has 18 nitrogen and oxygen atoms in total. The normalized spacial score (nSPS) is 14.9. The second-order valence-corrected chi connectivity index (χ2v) is 22.7. The van der Waals surface area contributed by atoms with Crippen LogP contribution in [0.3, 0.4) is 0 Å². The highest BCUT2D eigenvalue weighted by Gasteiger charge is 2.42. The number of sulfone groups is 1. The number of anilines is 2. The summed E-state index contributed by atoms with van der Waals surface area (Å²) in [5, 5.41) is 9.12. The molecule has 0 bridgehead atoms. The number of likely N-dealkylation sites (tertiary alicyclic amines) is 1. The number of aromatic amines is 1. The standard InChI is InChI=1S/C52H59F2N9O9S2/c1-30-45(73-29-59-30)32-12-10-31(11-13-32)22-58-49(66)40-9-7-15-62(40)51(68)46(52(2,3)4)60-42(64)27-72-17-8-16-71-18-14-55-48(65)36-21-41-37(19-33(36)28-74(6,69)70)38-26-61(5)50(67)44-43(38)34(23-56-44)25-63(41)47-39(54)20-35(53)24-57-47/h10-13,19-21,23-24,26,29,40,46,56H,7-9,14-18,22,25,27-28H2,1-6H3,(H,55,65)(H,58,66)(H,60,64). The number of carbonyl (C=O) groups excluding carboxylic acids is 4. The number of benzene rings is 2. The zero-order valence-electron chi connectivity index (χ0n) is 42.0. The Bertz CT molecular complexity index is 3280. The number of pyridine rings is 2. The van der Waals surface area contributed by atoms with Gasteiger partial charge in [0.1, 0.15) is 30.0 Å². The first kappa shape index (κ1) is 53.4. The van der Waals surface area contributed by atoms with E-state index in [1.165, 1.54) is 21.6 Å². The average Bonchev–Trinajstić information content (AvgIpc) is 4.11. The topological polar surface area (TPSA) is 227 Å². The third-order valence-electron chi connectivity index (χ3n) is 13.0. The highest BCUT2D eigenvalue weighted by Crippen LogP contribution is 2.45. The molecule has 0 aliphatic carbocycles. The Morgan fingerprint density at radius 1 is 1.00 bits per heavy atom. The quantitative estimate of drug-likeness (QED) is 0.0704. The molecular formula is C52H59F2N9O9S2. The van der Waals surface area contributed by atoms with E-state index < -0.39 is 56.5 Å². The molecule has 0 spiro atoms. The van der Waals surface area contributed by atoms with Crippen molar-refractivity contribution in [1.29, 1.82) is 0 Å². The lowest BCUT2D eigenvalue weighted by atomic mass is 9.85. The zero-order valence-corrected chi connectivity index (χ0v) is 43.6. The van der Waals surface area contributed by atoms with Crippen LogP contribution in [-0.2, 0) is 59.6 Å². The lowest BCUT2D eigenvalue weighted by molar-refractivity contribution is -0.144. The van der Waals surface area contributed by atoms with Gasteiger partial charge in [0.15, 0.2) is 21.5 Å². The van der Waals surface area contributed by atoms with Crippen LogP contribution in [0.5, 0.6) is 0 Å². The van der Waals surface area contributed by atoms with E-state index in [0.717, 1.165) is 34.2 Å². The van der Waals surface area contributed by atoms with Gasteiger partial charge in [-0.25, -0.2) is 27.2 Å². The Labute approximate surface area is 430 Å². The van der Waals surface area contributed by atoms with Crippen molar-refractivity contribution in [1.82, 2.24) is 40.4 Å². The summed E-state index contributed by atoms with van der Waals surface area (Å²) in [6, 6.07) is 10.0. The van der Waals surface area contributed by atoms with Gasteiger partial charge in [0.2, 0.25) is 17.7 Å². The number of nitrogens with zero attached hydrogens (tertiary/aromatic N) is 5. The van der Waals surface area contributed by atoms with Crippen LogP contribution in [0.15, 0.2) is 71.4 Å². The number of thiazole rings is 1. The Hall–Kier alpha value is -6.88. The van der Waals surface area contributed by atoms with Crippen molar-refractivity contribution in [2.75, 3.05) is 50.7 Å². The van der Waals surface area contributed by atoms with Gasteiger partial charge in [-0.2, -0.15) is 0 Å². The predicted octanol–water partition coefficient (Wildman–Crippen LogP) is 5.83. The number of hydrogen-bond donors (Lipinski definition) is 4. The maximum atomic E-state index is 15.5. The minimum absolute atomic E-state index is 0.0139. The molecule has 2 aliphatic heterocycles. The summed E-state index contributed by atoms with van der Waals surface area (Å²) in [5.74, 6) is -4.38. The monoisotopic (exact) mass is 1060 g/mol. The van der Waals surface area contributed by atoms with E-state index in [1.807, 2.05) is 57.5 Å². The van der Waals surface area contributed by atoms with Crippen LogP contribution >= 0.6 is 11.3 Å². The highest BCUT2D eigenvalue weighted by molar-refractivity contribution is 7.89. The average molecular weight is 1060 g/mol. The molecule has 4 amide bonds. The van der Waals surface area contributed by atoms with E-state index >= 15 is 4.39 Å². The van der Waals surface area contributed by atoms with Gasteiger partial charge in [0, 0.05) is 86.7 Å². The summed E-state index contributed by atoms with van der Waals surface area (Å²) in [7, 11) is -2.15. The van der Waals surface area contributed by atoms with Crippen LogP contribution in [0.25, 0.3) is 32.5 Å². The Balaban J connectivity index is 0.828. The van der Waals surface area contributed by atoms with Gasteiger partial charge in [-0.1, -0.05) is 45.0 Å². The second kappa shape index (κ2) is 22.3. The van der Waals surface area contributed by atoms with Crippen LogP contribution in [0.1, 0.15) is 72.8 Å². The van der Waals surface area contributed by atoms with Gasteiger partial charge in [-0.3, -0.25) is 24.0 Å². The molecule has 74 heavy (non-hydrogen) atoms. The molecule has 392 valence electrons. The smallest absolute Gasteiger partial charge is 0.274 e. The van der Waals surface area contributed by atoms with Crippen molar-refractivity contribution >= 4 is 67.2 Å². The SMILES string of the molecule is Cc1ncsc1-c1ccc(CNC(=O)C2CCCN2C(=O)C(NC(=O)COCCCOCCNC(=O)c2cc3c(cc2CS(C)(=O)=O)-c2cn(C)c(=O)c4[nH]cc(c24)CN3c2ncc(F)cc2F)C(C)(C)C)cc1. The Morgan fingerprint density at radius 2 is 1.76 bits per heavy atom. The number of halogens is 2. The number of aromatic nitrogens is 4. The summed E-state index contributed by atoms with van der Waals surface area (Å²) < 4.78 is 67.9. The summed E-state index contributed by atoms with van der Waals surface area (Å²) in [6.07, 6.45) is 6.64. The molecule has 2 aliphatic rings. The number of nitrogens with one attached hydrogen (secondary N) is 4. The Morgan fingerprint density at radius 3 is 2.46 bits per heavy atom. The number of ether oxygens (including phenoxy) is 2. The molecule has 22 heteroatoms. The fourth-order valence-corrected chi connectivity index (χ4v) is 11.0. The number of aryl methyl sites for hydroxylation is 2. The van der Waals surface area contributed by atoms with Crippen molar-refractivity contribution in [3.8, 4) is 21.6 Å². The van der Waals surface area contributed by atoms with Gasteiger partial charge in [0.05, 0.1) is 46.9 Å².